The minimum Gasteiger partial charge on any atom is -0.398 e. The van der Waals surface area contributed by atoms with Crippen molar-refractivity contribution in [2.75, 3.05) is 26.0 Å². The van der Waals surface area contributed by atoms with Gasteiger partial charge in [0.2, 0.25) is 0 Å². The lowest BCUT2D eigenvalue weighted by atomic mass is 10.1. The van der Waals surface area contributed by atoms with Crippen molar-refractivity contribution in [3.63, 3.8) is 0 Å². The average molecular weight is 285 g/mol. The molecule has 1 aliphatic carbocycles. The zero-order valence-electron chi connectivity index (χ0n) is 12.1. The van der Waals surface area contributed by atoms with Crippen LogP contribution in [0.1, 0.15) is 23.3 Å². The smallest absolute Gasteiger partial charge is 0.272 e. The number of hydrogen-bond acceptors (Lipinski definition) is 4. The second-order valence-corrected chi connectivity index (χ2v) is 5.34. The van der Waals surface area contributed by atoms with Crippen LogP contribution in [0.4, 0.5) is 5.69 Å². The molecule has 1 aliphatic rings. The Hall–Kier alpha value is -2.14. The van der Waals surface area contributed by atoms with E-state index in [4.69, 9.17) is 10.5 Å². The number of carbonyl (C=O) groups excluding carboxylic acids is 1. The fourth-order valence-electron chi connectivity index (χ4n) is 2.48. The van der Waals surface area contributed by atoms with Gasteiger partial charge < -0.3 is 15.4 Å². The molecule has 1 fully saturated rings. The molecule has 0 bridgehead atoms. The molecule has 0 radical (unpaired) electrons. The Labute approximate surface area is 123 Å². The van der Waals surface area contributed by atoms with Gasteiger partial charge in [-0.25, -0.2) is 4.98 Å². The van der Waals surface area contributed by atoms with Gasteiger partial charge >= 0.3 is 0 Å². The molecule has 1 aromatic carbocycles. The van der Waals surface area contributed by atoms with Gasteiger partial charge in [0.05, 0.1) is 12.1 Å². The second kappa shape index (κ2) is 5.69. The first-order valence-corrected chi connectivity index (χ1v) is 7.16. The van der Waals surface area contributed by atoms with Gasteiger partial charge in [-0.2, -0.15) is 0 Å². The molecule has 5 heteroatoms. The van der Waals surface area contributed by atoms with Crippen LogP contribution in [0.3, 0.4) is 0 Å². The summed E-state index contributed by atoms with van der Waals surface area (Å²) in [5.41, 5.74) is 7.81. The minimum absolute atomic E-state index is 0.0630. The zero-order valence-corrected chi connectivity index (χ0v) is 12.1. The molecule has 2 aromatic rings. The molecule has 0 aliphatic heterocycles. The van der Waals surface area contributed by atoms with Crippen LogP contribution in [0.2, 0.25) is 0 Å². The molecule has 5 nitrogen and oxygen atoms in total. The second-order valence-electron chi connectivity index (χ2n) is 5.34. The molecule has 1 amide bonds. The molecular weight excluding hydrogens is 266 g/mol. The molecule has 110 valence electrons. The van der Waals surface area contributed by atoms with Crippen LogP contribution in [-0.4, -0.2) is 42.1 Å². The van der Waals surface area contributed by atoms with Crippen molar-refractivity contribution in [3.8, 4) is 0 Å². The van der Waals surface area contributed by atoms with Crippen LogP contribution >= 0.6 is 0 Å². The van der Waals surface area contributed by atoms with E-state index in [1.165, 1.54) is 0 Å². The predicted molar refractivity (Wildman–Crippen MR) is 82.1 cm³/mol. The first-order chi connectivity index (χ1) is 10.2. The van der Waals surface area contributed by atoms with E-state index in [0.717, 1.165) is 23.7 Å². The van der Waals surface area contributed by atoms with E-state index in [2.05, 4.69) is 4.98 Å². The van der Waals surface area contributed by atoms with Gasteiger partial charge in [-0.15, -0.1) is 0 Å². The molecule has 0 spiro atoms. The van der Waals surface area contributed by atoms with Crippen molar-refractivity contribution in [2.24, 2.45) is 0 Å². The number of hydrogen-bond donors (Lipinski definition) is 1. The Morgan fingerprint density at radius 1 is 1.43 bits per heavy atom. The zero-order chi connectivity index (χ0) is 14.8. The number of nitrogens with two attached hydrogens (primary N) is 1. The fraction of sp³-hybridized carbons (Fsp3) is 0.375. The fourth-order valence-corrected chi connectivity index (χ4v) is 2.48. The van der Waals surface area contributed by atoms with E-state index in [-0.39, 0.29) is 5.91 Å². The van der Waals surface area contributed by atoms with Gasteiger partial charge in [0, 0.05) is 30.8 Å². The van der Waals surface area contributed by atoms with Crippen molar-refractivity contribution < 1.29 is 9.53 Å². The number of aromatic nitrogens is 1. The van der Waals surface area contributed by atoms with Crippen molar-refractivity contribution >= 4 is 22.5 Å². The number of methoxy groups -OCH3 is 1. The molecule has 0 saturated heterocycles. The van der Waals surface area contributed by atoms with E-state index in [0.29, 0.717) is 30.6 Å². The van der Waals surface area contributed by atoms with Crippen molar-refractivity contribution in [2.45, 2.75) is 18.9 Å². The third-order valence-electron chi connectivity index (χ3n) is 3.75. The summed E-state index contributed by atoms with van der Waals surface area (Å²) in [6.45, 7) is 1.12. The van der Waals surface area contributed by atoms with Gasteiger partial charge in [-0.3, -0.25) is 4.79 Å². The van der Waals surface area contributed by atoms with Gasteiger partial charge in [0.15, 0.2) is 0 Å². The topological polar surface area (TPSA) is 68.5 Å². The van der Waals surface area contributed by atoms with Crippen LogP contribution in [0.15, 0.2) is 30.3 Å². The number of pyridine rings is 1. The normalized spacial score (nSPS) is 14.3. The molecule has 2 N–H and O–H groups in total. The van der Waals surface area contributed by atoms with Crippen molar-refractivity contribution in [1.29, 1.82) is 0 Å². The highest BCUT2D eigenvalue weighted by atomic mass is 16.5. The van der Waals surface area contributed by atoms with Gasteiger partial charge in [0.1, 0.15) is 5.69 Å². The van der Waals surface area contributed by atoms with Crippen LogP contribution in [0.25, 0.3) is 10.9 Å². The summed E-state index contributed by atoms with van der Waals surface area (Å²) in [4.78, 5) is 19.0. The van der Waals surface area contributed by atoms with Gasteiger partial charge in [0.25, 0.3) is 5.91 Å². The Bertz CT molecular complexity index is 668. The lowest BCUT2D eigenvalue weighted by molar-refractivity contribution is 0.0675. The van der Waals surface area contributed by atoms with E-state index in [9.17, 15) is 4.79 Å². The van der Waals surface area contributed by atoms with E-state index in [1.54, 1.807) is 13.2 Å². The quantitative estimate of drug-likeness (QED) is 0.913. The number of benzene rings is 1. The molecular formula is C16H19N3O2. The Morgan fingerprint density at radius 3 is 2.90 bits per heavy atom. The Balaban J connectivity index is 1.92. The average Bonchev–Trinajstić information content (AvgIpc) is 3.32. The maximum absolute atomic E-state index is 12.7. The van der Waals surface area contributed by atoms with Crippen molar-refractivity contribution in [3.05, 3.63) is 36.0 Å². The standard InChI is InChI=1S/C16H19N3O2/c1-21-9-8-19(11-6-7-11)16(20)15-10-13(17)12-4-2-3-5-14(12)18-15/h2-5,10-11H,6-9H2,1H3,(H2,17,18). The van der Waals surface area contributed by atoms with E-state index < -0.39 is 0 Å². The number of amides is 1. The SMILES string of the molecule is COCCN(C(=O)c1cc(N)c2ccccc2n1)C1CC1. The number of para-hydroxylation sites is 1. The summed E-state index contributed by atoms with van der Waals surface area (Å²) in [6.07, 6.45) is 2.11. The Kier molecular flexibility index (Phi) is 3.75. The number of fused-ring (bicyclic) bond motifs is 1. The van der Waals surface area contributed by atoms with Crippen LogP contribution < -0.4 is 5.73 Å². The number of ether oxygens (including phenoxy) is 1. The highest BCUT2D eigenvalue weighted by molar-refractivity contribution is 5.99. The lowest BCUT2D eigenvalue weighted by Gasteiger charge is -2.22. The minimum atomic E-state index is -0.0630. The summed E-state index contributed by atoms with van der Waals surface area (Å²) in [5, 5.41) is 0.879. The summed E-state index contributed by atoms with van der Waals surface area (Å²) >= 11 is 0. The Morgan fingerprint density at radius 2 is 2.19 bits per heavy atom. The molecule has 1 heterocycles. The molecule has 1 aromatic heterocycles. The van der Waals surface area contributed by atoms with E-state index >= 15 is 0 Å². The molecule has 21 heavy (non-hydrogen) atoms. The largest absolute Gasteiger partial charge is 0.398 e. The monoisotopic (exact) mass is 285 g/mol. The van der Waals surface area contributed by atoms with Gasteiger partial charge in [-0.1, -0.05) is 18.2 Å². The first kappa shape index (κ1) is 13.8. The molecule has 3 rings (SSSR count). The number of carbonyl (C=O) groups is 1. The van der Waals surface area contributed by atoms with Crippen LogP contribution in [0.5, 0.6) is 0 Å². The highest BCUT2D eigenvalue weighted by Crippen LogP contribution is 2.29. The van der Waals surface area contributed by atoms with Crippen molar-refractivity contribution in [1.82, 2.24) is 9.88 Å². The summed E-state index contributed by atoms with van der Waals surface area (Å²) < 4.78 is 5.09. The highest BCUT2D eigenvalue weighted by Gasteiger charge is 2.33. The summed E-state index contributed by atoms with van der Waals surface area (Å²) in [7, 11) is 1.64. The van der Waals surface area contributed by atoms with E-state index in [1.807, 2.05) is 29.2 Å². The first-order valence-electron chi connectivity index (χ1n) is 7.16. The predicted octanol–water partition coefficient (Wildman–Crippen LogP) is 2.07. The molecule has 0 unspecified atom stereocenters. The third kappa shape index (κ3) is 2.83. The molecule has 1 saturated carbocycles. The lowest BCUT2D eigenvalue weighted by Crippen LogP contribution is -2.36. The third-order valence-corrected chi connectivity index (χ3v) is 3.75. The van der Waals surface area contributed by atoms with Crippen LogP contribution in [0, 0.1) is 0 Å². The number of rotatable bonds is 5. The molecule has 0 atom stereocenters. The number of nitrogens with zero attached hydrogens (tertiary/aromatic N) is 2. The van der Waals surface area contributed by atoms with Crippen LogP contribution in [-0.2, 0) is 4.74 Å². The van der Waals surface area contributed by atoms with Gasteiger partial charge in [-0.05, 0) is 25.0 Å². The number of nitrogen functional groups attached to an aromatic ring is 1. The summed E-state index contributed by atoms with van der Waals surface area (Å²) in [5.74, 6) is -0.0630. The number of anilines is 1. The summed E-state index contributed by atoms with van der Waals surface area (Å²) in [6, 6.07) is 9.59. The maximum Gasteiger partial charge on any atom is 0.272 e. The maximum atomic E-state index is 12.7.